The molecule has 0 aliphatic rings. The number of methoxy groups -OCH3 is 1. The molecule has 0 radical (unpaired) electrons. The largest absolute Gasteiger partial charge is 0.493 e. The molecule has 2 aromatic rings. The molecule has 0 spiro atoms. The lowest BCUT2D eigenvalue weighted by Gasteiger charge is -2.16. The fraction of sp³-hybridized carbons (Fsp3) is 0.200. The minimum absolute atomic E-state index is 0.0643. The van der Waals surface area contributed by atoms with Crippen molar-refractivity contribution < 1.29 is 14.0 Å². The Morgan fingerprint density at radius 3 is 2.26 bits per heavy atom. The van der Waals surface area contributed by atoms with Gasteiger partial charge in [-0.25, -0.2) is 4.39 Å². The van der Waals surface area contributed by atoms with Crippen molar-refractivity contribution >= 4 is 0 Å². The number of hydroxylamine groups is 1. The van der Waals surface area contributed by atoms with Crippen molar-refractivity contribution in [3.63, 3.8) is 0 Å². The van der Waals surface area contributed by atoms with Crippen LogP contribution in [0.25, 0.3) is 0 Å². The summed E-state index contributed by atoms with van der Waals surface area (Å²) >= 11 is 0. The summed E-state index contributed by atoms with van der Waals surface area (Å²) in [6.45, 7) is 1.93. The van der Waals surface area contributed by atoms with E-state index in [9.17, 15) is 4.39 Å². The van der Waals surface area contributed by atoms with Crippen LogP contribution in [0.1, 0.15) is 18.5 Å². The lowest BCUT2D eigenvalue weighted by molar-refractivity contribution is 0.155. The normalized spacial score (nSPS) is 11.9. The van der Waals surface area contributed by atoms with Crippen LogP contribution in [-0.4, -0.2) is 7.11 Å². The van der Waals surface area contributed by atoms with E-state index in [0.717, 1.165) is 5.56 Å². The molecule has 0 amide bonds. The third-order valence-corrected chi connectivity index (χ3v) is 2.78. The molecule has 3 nitrogen and oxygen atoms in total. The molecule has 0 unspecified atom stereocenters. The Morgan fingerprint density at radius 1 is 1.00 bits per heavy atom. The predicted octanol–water partition coefficient (Wildman–Crippen LogP) is 3.48. The summed E-state index contributed by atoms with van der Waals surface area (Å²) in [5.74, 6) is 1.02. The SMILES string of the molecule is COc1ccccc1ON[C@H](C)c1ccc(F)cc1. The molecule has 0 saturated carbocycles. The van der Waals surface area contributed by atoms with E-state index in [2.05, 4.69) is 5.48 Å². The molecule has 0 bridgehead atoms. The Bertz CT molecular complexity index is 528. The van der Waals surface area contributed by atoms with E-state index < -0.39 is 0 Å². The molecule has 0 heterocycles. The highest BCUT2D eigenvalue weighted by Gasteiger charge is 2.08. The predicted molar refractivity (Wildman–Crippen MR) is 71.6 cm³/mol. The summed E-state index contributed by atoms with van der Waals surface area (Å²) in [5.41, 5.74) is 3.85. The molecule has 4 heteroatoms. The Labute approximate surface area is 111 Å². The van der Waals surface area contributed by atoms with Crippen LogP contribution in [0.4, 0.5) is 4.39 Å². The van der Waals surface area contributed by atoms with Gasteiger partial charge in [-0.05, 0) is 36.8 Å². The second kappa shape index (κ2) is 6.20. The first-order valence-corrected chi connectivity index (χ1v) is 6.01. The zero-order valence-corrected chi connectivity index (χ0v) is 10.9. The lowest BCUT2D eigenvalue weighted by atomic mass is 10.1. The maximum Gasteiger partial charge on any atom is 0.188 e. The molecule has 1 N–H and O–H groups in total. The van der Waals surface area contributed by atoms with Crippen molar-refractivity contribution in [1.29, 1.82) is 0 Å². The van der Waals surface area contributed by atoms with E-state index in [1.165, 1.54) is 12.1 Å². The molecule has 19 heavy (non-hydrogen) atoms. The summed E-state index contributed by atoms with van der Waals surface area (Å²) < 4.78 is 18.0. The maximum absolute atomic E-state index is 12.8. The van der Waals surface area contributed by atoms with Gasteiger partial charge in [0.05, 0.1) is 13.2 Å². The molecule has 100 valence electrons. The highest BCUT2D eigenvalue weighted by atomic mass is 19.1. The Hall–Kier alpha value is -2.07. The van der Waals surface area contributed by atoms with E-state index in [4.69, 9.17) is 9.57 Å². The van der Waals surface area contributed by atoms with Crippen LogP contribution < -0.4 is 15.1 Å². The van der Waals surface area contributed by atoms with Gasteiger partial charge in [-0.1, -0.05) is 24.3 Å². The summed E-state index contributed by atoms with van der Waals surface area (Å²) in [6.07, 6.45) is 0. The quantitative estimate of drug-likeness (QED) is 0.836. The number of hydrogen-bond acceptors (Lipinski definition) is 3. The lowest BCUT2D eigenvalue weighted by Crippen LogP contribution is -2.22. The smallest absolute Gasteiger partial charge is 0.188 e. The van der Waals surface area contributed by atoms with Gasteiger partial charge < -0.3 is 9.57 Å². The van der Waals surface area contributed by atoms with Crippen molar-refractivity contribution in [2.75, 3.05) is 7.11 Å². The summed E-state index contributed by atoms with van der Waals surface area (Å²) in [7, 11) is 1.59. The second-order valence-electron chi connectivity index (χ2n) is 4.14. The zero-order chi connectivity index (χ0) is 13.7. The summed E-state index contributed by atoms with van der Waals surface area (Å²) in [4.78, 5) is 5.51. The Morgan fingerprint density at radius 2 is 1.63 bits per heavy atom. The Kier molecular flexibility index (Phi) is 4.36. The van der Waals surface area contributed by atoms with Gasteiger partial charge in [0.1, 0.15) is 5.82 Å². The van der Waals surface area contributed by atoms with E-state index in [0.29, 0.717) is 11.5 Å². The third-order valence-electron chi connectivity index (χ3n) is 2.78. The summed E-state index contributed by atoms with van der Waals surface area (Å²) in [5, 5.41) is 0. The van der Waals surface area contributed by atoms with E-state index in [1.54, 1.807) is 19.2 Å². The average molecular weight is 261 g/mol. The minimum Gasteiger partial charge on any atom is -0.493 e. The van der Waals surface area contributed by atoms with Gasteiger partial charge in [0.15, 0.2) is 11.5 Å². The van der Waals surface area contributed by atoms with Gasteiger partial charge in [0.25, 0.3) is 0 Å². The van der Waals surface area contributed by atoms with E-state index in [1.807, 2.05) is 31.2 Å². The molecule has 0 aliphatic heterocycles. The topological polar surface area (TPSA) is 30.5 Å². The maximum atomic E-state index is 12.8. The standard InChI is InChI=1S/C15H16FNO2/c1-11(12-7-9-13(16)10-8-12)17-19-15-6-4-3-5-14(15)18-2/h3-11,17H,1-2H3/t11-/m1/s1. The van der Waals surface area contributed by atoms with Crippen LogP contribution in [0.3, 0.4) is 0 Å². The van der Waals surface area contributed by atoms with Crippen LogP contribution in [0, 0.1) is 5.82 Å². The van der Waals surface area contributed by atoms with Crippen LogP contribution in [-0.2, 0) is 0 Å². The van der Waals surface area contributed by atoms with Gasteiger partial charge in [-0.15, -0.1) is 5.48 Å². The highest BCUT2D eigenvalue weighted by molar-refractivity contribution is 5.39. The van der Waals surface area contributed by atoms with Gasteiger partial charge in [0.2, 0.25) is 0 Å². The Balaban J connectivity index is 2.00. The van der Waals surface area contributed by atoms with Gasteiger partial charge >= 0.3 is 0 Å². The average Bonchev–Trinajstić information content (AvgIpc) is 2.45. The van der Waals surface area contributed by atoms with Crippen LogP contribution >= 0.6 is 0 Å². The molecule has 0 saturated heterocycles. The molecule has 2 aromatic carbocycles. The number of ether oxygens (including phenoxy) is 1. The molecule has 2 rings (SSSR count). The molecule has 0 fully saturated rings. The third kappa shape index (κ3) is 3.45. The number of halogens is 1. The first kappa shape index (κ1) is 13.4. The first-order valence-electron chi connectivity index (χ1n) is 6.01. The second-order valence-corrected chi connectivity index (χ2v) is 4.14. The number of nitrogens with one attached hydrogen (secondary N) is 1. The number of rotatable bonds is 5. The fourth-order valence-corrected chi connectivity index (χ4v) is 1.67. The number of hydrogen-bond donors (Lipinski definition) is 1. The monoisotopic (exact) mass is 261 g/mol. The van der Waals surface area contributed by atoms with Crippen molar-refractivity contribution in [2.24, 2.45) is 0 Å². The first-order chi connectivity index (χ1) is 9.20. The van der Waals surface area contributed by atoms with Crippen molar-refractivity contribution in [3.05, 3.63) is 59.9 Å². The van der Waals surface area contributed by atoms with Crippen LogP contribution in [0.2, 0.25) is 0 Å². The van der Waals surface area contributed by atoms with Crippen molar-refractivity contribution in [3.8, 4) is 11.5 Å². The molecule has 1 atom stereocenters. The molecule has 0 aliphatic carbocycles. The van der Waals surface area contributed by atoms with Crippen LogP contribution in [0.5, 0.6) is 11.5 Å². The molecule has 0 aromatic heterocycles. The highest BCUT2D eigenvalue weighted by Crippen LogP contribution is 2.25. The van der Waals surface area contributed by atoms with Gasteiger partial charge in [-0.3, -0.25) is 0 Å². The number of benzene rings is 2. The molecular formula is C15H16FNO2. The van der Waals surface area contributed by atoms with Crippen molar-refractivity contribution in [2.45, 2.75) is 13.0 Å². The van der Waals surface area contributed by atoms with E-state index >= 15 is 0 Å². The van der Waals surface area contributed by atoms with Crippen molar-refractivity contribution in [1.82, 2.24) is 5.48 Å². The molecular weight excluding hydrogens is 245 g/mol. The number of para-hydroxylation sites is 2. The summed E-state index contributed by atoms with van der Waals surface area (Å²) in [6, 6.07) is 13.6. The minimum atomic E-state index is -0.249. The van der Waals surface area contributed by atoms with Gasteiger partial charge in [0, 0.05) is 0 Å². The van der Waals surface area contributed by atoms with Crippen LogP contribution in [0.15, 0.2) is 48.5 Å². The van der Waals surface area contributed by atoms with E-state index in [-0.39, 0.29) is 11.9 Å². The van der Waals surface area contributed by atoms with Gasteiger partial charge in [-0.2, -0.15) is 0 Å². The fourth-order valence-electron chi connectivity index (χ4n) is 1.67. The zero-order valence-electron chi connectivity index (χ0n) is 10.9.